The lowest BCUT2D eigenvalue weighted by molar-refractivity contribution is -0.119. The van der Waals surface area contributed by atoms with E-state index in [1.807, 2.05) is 6.92 Å². The van der Waals surface area contributed by atoms with Gasteiger partial charge in [-0.15, -0.1) is 0 Å². The van der Waals surface area contributed by atoms with Gasteiger partial charge in [0, 0.05) is 11.6 Å². The summed E-state index contributed by atoms with van der Waals surface area (Å²) >= 11 is 0. The topological polar surface area (TPSA) is 43.4 Å². The van der Waals surface area contributed by atoms with Gasteiger partial charge >= 0.3 is 0 Å². The molecule has 3 nitrogen and oxygen atoms in total. The molecule has 0 aromatic carbocycles. The second kappa shape index (κ2) is 6.83. The molecule has 4 atom stereocenters. The number of hydrogen-bond donors (Lipinski definition) is 0. The van der Waals surface area contributed by atoms with Crippen LogP contribution in [0, 0.1) is 22.7 Å². The van der Waals surface area contributed by atoms with Gasteiger partial charge in [-0.05, 0) is 74.2 Å². The number of Topliss-reactive ketones (excluding diaryl/α,β-unsaturated/α-hetero) is 1. The third kappa shape index (κ3) is 3.00. The van der Waals surface area contributed by atoms with Gasteiger partial charge in [-0.1, -0.05) is 32.9 Å². The molecule has 3 aliphatic carbocycles. The molecule has 0 saturated heterocycles. The summed E-state index contributed by atoms with van der Waals surface area (Å²) in [6, 6.07) is 0. The minimum absolute atomic E-state index is 0.00714. The first-order valence-corrected chi connectivity index (χ1v) is 10.0. The summed E-state index contributed by atoms with van der Waals surface area (Å²) in [6.07, 6.45) is 9.32. The highest BCUT2D eigenvalue weighted by atomic mass is 16.5. The van der Waals surface area contributed by atoms with Gasteiger partial charge < -0.3 is 4.74 Å². The number of hydrogen-bond acceptors (Lipinski definition) is 3. The fourth-order valence-corrected chi connectivity index (χ4v) is 5.70. The van der Waals surface area contributed by atoms with Gasteiger partial charge in [-0.3, -0.25) is 9.59 Å². The van der Waals surface area contributed by atoms with Gasteiger partial charge in [-0.25, -0.2) is 0 Å². The fourth-order valence-electron chi connectivity index (χ4n) is 5.70. The van der Waals surface area contributed by atoms with Gasteiger partial charge in [0.2, 0.25) is 5.78 Å². The largest absolute Gasteiger partial charge is 0.490 e. The Labute approximate surface area is 157 Å². The Morgan fingerprint density at radius 3 is 2.65 bits per heavy atom. The number of ether oxygens (including phenoxy) is 1. The van der Waals surface area contributed by atoms with Crippen LogP contribution in [0.1, 0.15) is 66.2 Å². The van der Waals surface area contributed by atoms with E-state index >= 15 is 0 Å². The van der Waals surface area contributed by atoms with E-state index in [1.54, 1.807) is 0 Å². The van der Waals surface area contributed by atoms with E-state index in [-0.39, 0.29) is 28.2 Å². The van der Waals surface area contributed by atoms with E-state index in [2.05, 4.69) is 27.4 Å². The number of ketones is 2. The molecule has 0 amide bonds. The molecule has 3 heteroatoms. The van der Waals surface area contributed by atoms with Gasteiger partial charge in [-0.2, -0.15) is 0 Å². The van der Waals surface area contributed by atoms with Crippen LogP contribution in [0.3, 0.4) is 0 Å². The molecule has 26 heavy (non-hydrogen) atoms. The van der Waals surface area contributed by atoms with E-state index in [9.17, 15) is 9.59 Å². The third-order valence-electron chi connectivity index (χ3n) is 7.54. The van der Waals surface area contributed by atoms with Crippen molar-refractivity contribution in [2.75, 3.05) is 6.61 Å². The highest BCUT2D eigenvalue weighted by molar-refractivity contribution is 6.19. The average Bonchev–Trinajstić information content (AvgIpc) is 2.58. The van der Waals surface area contributed by atoms with Gasteiger partial charge in [0.15, 0.2) is 11.5 Å². The Kier molecular flexibility index (Phi) is 5.02. The summed E-state index contributed by atoms with van der Waals surface area (Å²) in [6.45, 7) is 13.6. The lowest BCUT2D eigenvalue weighted by Crippen LogP contribution is -2.50. The van der Waals surface area contributed by atoms with Crippen molar-refractivity contribution in [1.82, 2.24) is 0 Å². The van der Waals surface area contributed by atoms with Crippen LogP contribution in [0.4, 0.5) is 0 Å². The molecule has 0 bridgehead atoms. The lowest BCUT2D eigenvalue weighted by Gasteiger charge is -2.59. The average molecular weight is 357 g/mol. The van der Waals surface area contributed by atoms with Crippen molar-refractivity contribution in [3.63, 3.8) is 0 Å². The molecule has 0 radical (unpaired) electrons. The van der Waals surface area contributed by atoms with E-state index in [0.717, 1.165) is 12.8 Å². The van der Waals surface area contributed by atoms with Crippen LogP contribution in [0.2, 0.25) is 0 Å². The van der Waals surface area contributed by atoms with E-state index in [1.165, 1.54) is 37.0 Å². The van der Waals surface area contributed by atoms with Crippen molar-refractivity contribution >= 4 is 11.6 Å². The standard InChI is InChI=1S/C23H32O3/c1-6-26-19-13-18(24)12-17(21(19)25)14-23(5)16(3)10-11-22(4)15(2)8-7-9-20(22)23/h12-13,16,20H,2,6-11,14H2,1,3-5H3. The van der Waals surface area contributed by atoms with E-state index in [4.69, 9.17) is 4.74 Å². The molecular formula is C23H32O3. The van der Waals surface area contributed by atoms with Gasteiger partial charge in [0.25, 0.3) is 0 Å². The minimum atomic E-state index is -0.133. The van der Waals surface area contributed by atoms with Crippen LogP contribution >= 0.6 is 0 Å². The van der Waals surface area contributed by atoms with Crippen molar-refractivity contribution in [3.8, 4) is 0 Å². The Balaban J connectivity index is 1.92. The molecule has 0 aliphatic heterocycles. The van der Waals surface area contributed by atoms with Gasteiger partial charge in [0.05, 0.1) is 6.61 Å². The number of fused-ring (bicyclic) bond motifs is 1. The maximum Gasteiger partial charge on any atom is 0.223 e. The van der Waals surface area contributed by atoms with Crippen LogP contribution < -0.4 is 0 Å². The second-order valence-electron chi connectivity index (χ2n) is 8.93. The van der Waals surface area contributed by atoms with Crippen molar-refractivity contribution in [3.05, 3.63) is 35.6 Å². The Morgan fingerprint density at radius 1 is 1.23 bits per heavy atom. The van der Waals surface area contributed by atoms with Crippen molar-refractivity contribution in [2.45, 2.75) is 66.2 Å². The fraction of sp³-hybridized carbons (Fsp3) is 0.652. The molecule has 0 aromatic rings. The number of carbonyl (C=O) groups is 2. The maximum atomic E-state index is 12.9. The summed E-state index contributed by atoms with van der Waals surface area (Å²) in [4.78, 5) is 25.0. The Morgan fingerprint density at radius 2 is 1.96 bits per heavy atom. The summed E-state index contributed by atoms with van der Waals surface area (Å²) < 4.78 is 5.42. The van der Waals surface area contributed by atoms with Gasteiger partial charge in [0.1, 0.15) is 0 Å². The van der Waals surface area contributed by atoms with Crippen LogP contribution in [0.5, 0.6) is 0 Å². The van der Waals surface area contributed by atoms with Crippen molar-refractivity contribution < 1.29 is 14.3 Å². The van der Waals surface area contributed by atoms with Crippen molar-refractivity contribution in [1.29, 1.82) is 0 Å². The van der Waals surface area contributed by atoms with Crippen LogP contribution in [0.25, 0.3) is 0 Å². The molecule has 0 spiro atoms. The van der Waals surface area contributed by atoms with Crippen molar-refractivity contribution in [2.24, 2.45) is 22.7 Å². The predicted molar refractivity (Wildman–Crippen MR) is 104 cm³/mol. The zero-order valence-electron chi connectivity index (χ0n) is 16.7. The van der Waals surface area contributed by atoms with Crippen LogP contribution in [-0.2, 0) is 14.3 Å². The highest BCUT2D eigenvalue weighted by Gasteiger charge is 2.54. The number of rotatable bonds is 4. The molecule has 2 fully saturated rings. The maximum absolute atomic E-state index is 12.9. The number of carbonyl (C=O) groups excluding carboxylic acids is 2. The Hall–Kier alpha value is -1.64. The lowest BCUT2D eigenvalue weighted by atomic mass is 9.46. The predicted octanol–water partition coefficient (Wildman–Crippen LogP) is 5.17. The highest BCUT2D eigenvalue weighted by Crippen LogP contribution is 2.63. The molecule has 142 valence electrons. The third-order valence-corrected chi connectivity index (χ3v) is 7.54. The molecule has 2 saturated carbocycles. The summed E-state index contributed by atoms with van der Waals surface area (Å²) in [5.41, 5.74) is 2.14. The minimum Gasteiger partial charge on any atom is -0.490 e. The first-order chi connectivity index (χ1) is 12.2. The van der Waals surface area contributed by atoms with E-state index < -0.39 is 0 Å². The second-order valence-corrected chi connectivity index (χ2v) is 8.93. The SMILES string of the molecule is C=C1CCCC2C1(C)CCC(C)C2(C)CC1=CC(=O)C=C(OCC)C1=O. The summed E-state index contributed by atoms with van der Waals surface area (Å²) in [5.74, 6) is 0.979. The molecule has 0 heterocycles. The van der Waals surface area contributed by atoms with Crippen LogP contribution in [-0.4, -0.2) is 18.2 Å². The van der Waals surface area contributed by atoms with E-state index in [0.29, 0.717) is 30.4 Å². The number of allylic oxidation sites excluding steroid dienone is 4. The molecule has 4 unspecified atom stereocenters. The quantitative estimate of drug-likeness (QED) is 0.515. The first kappa shape index (κ1) is 19.1. The first-order valence-electron chi connectivity index (χ1n) is 10.0. The molecule has 3 aliphatic rings. The molecule has 0 N–H and O–H groups in total. The zero-order valence-corrected chi connectivity index (χ0v) is 16.7. The van der Waals surface area contributed by atoms with Crippen LogP contribution in [0.15, 0.2) is 35.6 Å². The summed E-state index contributed by atoms with van der Waals surface area (Å²) in [5, 5.41) is 0. The molecule has 3 rings (SSSR count). The summed E-state index contributed by atoms with van der Waals surface area (Å²) in [7, 11) is 0. The Bertz CT molecular complexity index is 698. The monoisotopic (exact) mass is 356 g/mol. The smallest absolute Gasteiger partial charge is 0.223 e. The molecular weight excluding hydrogens is 324 g/mol. The normalized spacial score (nSPS) is 37.8. The zero-order chi connectivity index (χ0) is 19.1. The molecule has 0 aromatic heterocycles.